The summed E-state index contributed by atoms with van der Waals surface area (Å²) in [5, 5.41) is 6.07. The largest absolute Gasteiger partial charge is 0.515 e. The molecule has 31 heavy (non-hydrogen) atoms. The van der Waals surface area contributed by atoms with Gasteiger partial charge in [-0.25, -0.2) is 4.79 Å². The van der Waals surface area contributed by atoms with Crippen molar-refractivity contribution < 1.29 is 23.6 Å². The molecule has 0 saturated carbocycles. The number of carbonyl (C=O) groups is 3. The number of fused-ring (bicyclic) bond motifs is 1. The molecule has 2 amide bonds. The van der Waals surface area contributed by atoms with Gasteiger partial charge in [0, 0.05) is 21.7 Å². The summed E-state index contributed by atoms with van der Waals surface area (Å²) in [6.45, 7) is 5.71. The third kappa shape index (κ3) is 5.03. The molecule has 1 aromatic rings. The van der Waals surface area contributed by atoms with Gasteiger partial charge in [0.15, 0.2) is 5.13 Å². The number of hydrogen-bond donors (Lipinski definition) is 2. The summed E-state index contributed by atoms with van der Waals surface area (Å²) >= 11 is 4.55. The van der Waals surface area contributed by atoms with Gasteiger partial charge in [0.2, 0.25) is 19.9 Å². The maximum absolute atomic E-state index is 12.9. The number of β-lactam (4-membered cyclic amide) rings is 1. The van der Waals surface area contributed by atoms with Crippen molar-refractivity contribution in [3.05, 3.63) is 17.1 Å². The maximum Gasteiger partial charge on any atom is 0.341 e. The fourth-order valence-corrected chi connectivity index (χ4v) is 6.35. The Labute approximate surface area is 201 Å². The zero-order valence-corrected chi connectivity index (χ0v) is 22.0. The second-order valence-corrected chi connectivity index (χ2v) is 14.6. The number of rotatable bonds is 7. The minimum absolute atomic E-state index is 0.00766. The number of oxime groups is 1. The predicted octanol–water partition coefficient (Wildman–Crippen LogP) is 0.938. The lowest BCUT2D eigenvalue weighted by molar-refractivity contribution is -0.149. The molecule has 1 unspecified atom stereocenters. The van der Waals surface area contributed by atoms with Crippen molar-refractivity contribution >= 4 is 82.8 Å². The summed E-state index contributed by atoms with van der Waals surface area (Å²) in [5.41, 5.74) is 6.52. The number of nitrogen functional groups attached to an aromatic ring is 1. The van der Waals surface area contributed by atoms with E-state index in [0.29, 0.717) is 10.2 Å². The van der Waals surface area contributed by atoms with Crippen molar-refractivity contribution in [1.29, 1.82) is 0 Å². The number of nitrogens with one attached hydrogen (secondary N) is 1. The lowest BCUT2D eigenvalue weighted by Crippen LogP contribution is -2.71. The van der Waals surface area contributed by atoms with E-state index in [1.165, 1.54) is 23.8 Å². The van der Waals surface area contributed by atoms with Gasteiger partial charge in [-0.15, -0.1) is 11.8 Å². The van der Waals surface area contributed by atoms with Crippen LogP contribution in [0.25, 0.3) is 0 Å². The van der Waals surface area contributed by atoms with E-state index >= 15 is 0 Å². The minimum atomic E-state index is -2.15. The Bertz CT molecular complexity index is 978. The molecule has 0 spiro atoms. The first kappa shape index (κ1) is 23.9. The lowest BCUT2D eigenvalue weighted by atomic mass is 10.0. The van der Waals surface area contributed by atoms with Gasteiger partial charge in [-0.1, -0.05) is 27.7 Å². The molecular formula is C16H21IN6O5S2Si. The Kier molecular flexibility index (Phi) is 7.27. The summed E-state index contributed by atoms with van der Waals surface area (Å²) in [4.78, 5) is 48.6. The Morgan fingerprint density at radius 3 is 2.68 bits per heavy atom. The highest BCUT2D eigenvalue weighted by Gasteiger charge is 2.54. The van der Waals surface area contributed by atoms with Crippen LogP contribution in [0, 0.1) is 0 Å². The van der Waals surface area contributed by atoms with Crippen LogP contribution in [-0.2, 0) is 23.6 Å². The van der Waals surface area contributed by atoms with Gasteiger partial charge in [0.05, 0.1) is 0 Å². The molecule has 168 valence electrons. The molecule has 1 aromatic heterocycles. The first-order chi connectivity index (χ1) is 14.6. The third-order valence-corrected chi connectivity index (χ3v) is 7.74. The lowest BCUT2D eigenvalue weighted by Gasteiger charge is -2.49. The topological polar surface area (TPSA) is 149 Å². The molecule has 1 fully saturated rings. The van der Waals surface area contributed by atoms with Crippen LogP contribution in [0.15, 0.2) is 16.4 Å². The van der Waals surface area contributed by atoms with Gasteiger partial charge in [-0.2, -0.15) is 9.36 Å². The molecule has 3 rings (SSSR count). The van der Waals surface area contributed by atoms with Crippen molar-refractivity contribution in [2.24, 2.45) is 5.16 Å². The molecule has 2 aliphatic heterocycles. The van der Waals surface area contributed by atoms with E-state index in [4.69, 9.17) is 15.0 Å². The van der Waals surface area contributed by atoms with E-state index in [9.17, 15) is 14.4 Å². The van der Waals surface area contributed by atoms with Crippen LogP contribution < -0.4 is 11.1 Å². The summed E-state index contributed by atoms with van der Waals surface area (Å²) in [5.74, 6) is -0.985. The average molecular weight is 597 g/mol. The SMILES string of the molecule is CO/N=C(\C(=O)NC1C(=O)N2C(C(=O)O[Si](C)(C)C)=C(CI)CS[C@H]12)c1nsc(N)n1. The van der Waals surface area contributed by atoms with Crippen LogP contribution in [0.4, 0.5) is 5.13 Å². The van der Waals surface area contributed by atoms with Crippen LogP contribution >= 0.6 is 45.9 Å². The molecule has 2 atom stereocenters. The fraction of sp³-hybridized carbons (Fsp3) is 0.500. The monoisotopic (exact) mass is 596 g/mol. The molecule has 15 heteroatoms. The highest BCUT2D eigenvalue weighted by molar-refractivity contribution is 14.1. The van der Waals surface area contributed by atoms with Crippen molar-refractivity contribution in [1.82, 2.24) is 19.6 Å². The Hall–Kier alpha value is -1.72. The predicted molar refractivity (Wildman–Crippen MR) is 128 cm³/mol. The number of halogens is 1. The summed E-state index contributed by atoms with van der Waals surface area (Å²) in [6.07, 6.45) is 0. The number of thioether (sulfide) groups is 1. The zero-order chi connectivity index (χ0) is 22.9. The first-order valence-electron chi connectivity index (χ1n) is 9.05. The van der Waals surface area contributed by atoms with Crippen LogP contribution in [0.2, 0.25) is 19.6 Å². The second-order valence-electron chi connectivity index (χ2n) is 7.53. The molecule has 1 saturated heterocycles. The second kappa shape index (κ2) is 9.41. The van der Waals surface area contributed by atoms with E-state index in [1.807, 2.05) is 19.6 Å². The van der Waals surface area contributed by atoms with Crippen molar-refractivity contribution in [3.63, 3.8) is 0 Å². The van der Waals surface area contributed by atoms with E-state index in [2.05, 4.69) is 42.4 Å². The van der Waals surface area contributed by atoms with Gasteiger partial charge >= 0.3 is 5.97 Å². The van der Waals surface area contributed by atoms with Crippen molar-refractivity contribution in [2.45, 2.75) is 31.1 Å². The number of alkyl halides is 1. The highest BCUT2D eigenvalue weighted by Crippen LogP contribution is 2.41. The van der Waals surface area contributed by atoms with Crippen LogP contribution in [-0.4, -0.2) is 74.8 Å². The summed E-state index contributed by atoms with van der Waals surface area (Å²) < 4.78 is 10.2. The number of nitrogens with two attached hydrogens (primary N) is 1. The van der Waals surface area contributed by atoms with E-state index < -0.39 is 37.5 Å². The molecule has 3 heterocycles. The molecule has 0 bridgehead atoms. The van der Waals surface area contributed by atoms with E-state index in [-0.39, 0.29) is 22.4 Å². The van der Waals surface area contributed by atoms with Gasteiger partial charge < -0.3 is 20.3 Å². The number of hydrogen-bond acceptors (Lipinski definition) is 11. The molecular weight excluding hydrogens is 575 g/mol. The van der Waals surface area contributed by atoms with E-state index in [0.717, 1.165) is 17.1 Å². The van der Waals surface area contributed by atoms with Crippen LogP contribution in [0.5, 0.6) is 0 Å². The Morgan fingerprint density at radius 1 is 1.42 bits per heavy atom. The number of amides is 2. The molecule has 0 aromatic carbocycles. The third-order valence-electron chi connectivity index (χ3n) is 4.14. The van der Waals surface area contributed by atoms with Crippen molar-refractivity contribution in [3.8, 4) is 0 Å². The number of carbonyl (C=O) groups excluding carboxylic acids is 3. The number of nitrogens with zero attached hydrogens (tertiary/aromatic N) is 4. The van der Waals surface area contributed by atoms with Gasteiger partial charge in [0.25, 0.3) is 11.8 Å². The Morgan fingerprint density at radius 2 is 2.13 bits per heavy atom. The molecule has 0 aliphatic carbocycles. The summed E-state index contributed by atoms with van der Waals surface area (Å²) in [6, 6.07) is -0.832. The average Bonchev–Trinajstić information content (AvgIpc) is 3.13. The first-order valence-corrected chi connectivity index (χ1v) is 15.8. The number of aromatic nitrogens is 2. The molecule has 11 nitrogen and oxygen atoms in total. The van der Waals surface area contributed by atoms with Crippen molar-refractivity contribution in [2.75, 3.05) is 23.0 Å². The molecule has 2 aliphatic rings. The Balaban J connectivity index is 1.79. The summed E-state index contributed by atoms with van der Waals surface area (Å²) in [7, 11) is -0.872. The van der Waals surface area contributed by atoms with Gasteiger partial charge in [-0.3, -0.25) is 14.5 Å². The maximum atomic E-state index is 12.9. The molecule has 0 radical (unpaired) electrons. The standard InChI is InChI=1S/C16H21IN6O5S2Si/c1-27-21-8(11-20-16(18)30-22-11)12(24)19-9-13(25)23-10(15(26)28-31(2,3)4)7(5-17)6-29-14(9)23/h9,14H,5-6H2,1-4H3,(H,19,24)(H2,18,20,22)/b21-8-/t9?,14-/m1/s1. The fourth-order valence-electron chi connectivity index (χ4n) is 2.92. The smallest absolute Gasteiger partial charge is 0.341 e. The van der Waals surface area contributed by atoms with Crippen LogP contribution in [0.1, 0.15) is 5.82 Å². The minimum Gasteiger partial charge on any atom is -0.515 e. The van der Waals surface area contributed by atoms with Gasteiger partial charge in [-0.05, 0) is 25.2 Å². The zero-order valence-electron chi connectivity index (χ0n) is 17.2. The quantitative estimate of drug-likeness (QED) is 0.117. The molecule has 3 N–H and O–H groups in total. The van der Waals surface area contributed by atoms with Gasteiger partial charge in [0.1, 0.15) is 24.2 Å². The van der Waals surface area contributed by atoms with E-state index in [1.54, 1.807) is 0 Å². The van der Waals surface area contributed by atoms with Crippen LogP contribution in [0.3, 0.4) is 0 Å². The normalized spacial score (nSPS) is 21.4. The highest BCUT2D eigenvalue weighted by atomic mass is 127. The number of anilines is 1.